The van der Waals surface area contributed by atoms with Crippen molar-refractivity contribution in [3.8, 4) is 0 Å². The van der Waals surface area contributed by atoms with Crippen LogP contribution in [0.4, 0.5) is 17.5 Å². The number of aromatic nitrogens is 2. The molecule has 1 aromatic rings. The quantitative estimate of drug-likeness (QED) is 0.268. The van der Waals surface area contributed by atoms with E-state index in [1.807, 2.05) is 0 Å². The Labute approximate surface area is 134 Å². The van der Waals surface area contributed by atoms with E-state index in [1.165, 1.54) is 4.90 Å². The Bertz CT molecular complexity index is 736. The topological polar surface area (TPSA) is 203 Å². The number of hydrogen-bond acceptors (Lipinski definition) is 10. The molecular weight excluding hydrogens is 349 g/mol. The number of nitrogens with one attached hydrogen (secondary N) is 2. The third-order valence-corrected chi connectivity index (χ3v) is 4.15. The van der Waals surface area contributed by atoms with Crippen LogP contribution < -0.4 is 21.5 Å². The van der Waals surface area contributed by atoms with E-state index in [2.05, 4.69) is 19.8 Å². The Morgan fingerprint density at radius 1 is 1.42 bits per heavy atom. The predicted molar refractivity (Wildman–Crippen MR) is 78.9 cm³/mol. The van der Waals surface area contributed by atoms with Gasteiger partial charge in [-0.15, -0.1) is 0 Å². The van der Waals surface area contributed by atoms with E-state index in [9.17, 15) is 19.6 Å². The first kappa shape index (κ1) is 17.1. The molecular formula is C10H16N5O8P. The van der Waals surface area contributed by atoms with Crippen molar-refractivity contribution in [2.45, 2.75) is 24.5 Å². The molecule has 3 heterocycles. The lowest BCUT2D eigenvalue weighted by Gasteiger charge is -2.26. The normalized spacial score (nSPS) is 29.6. The molecule has 134 valence electrons. The summed E-state index contributed by atoms with van der Waals surface area (Å²) in [6.07, 6.45) is -5.18. The number of nitrogen functional groups attached to an aromatic ring is 1. The molecule has 14 heteroatoms. The molecule has 0 saturated carbocycles. The van der Waals surface area contributed by atoms with Gasteiger partial charge in [0.25, 0.3) is 5.56 Å². The van der Waals surface area contributed by atoms with E-state index in [4.69, 9.17) is 20.3 Å². The molecule has 8 N–H and O–H groups in total. The Balaban J connectivity index is 1.80. The van der Waals surface area contributed by atoms with Crippen molar-refractivity contribution in [2.24, 2.45) is 0 Å². The number of aromatic amines is 1. The molecule has 3 rings (SSSR count). The van der Waals surface area contributed by atoms with Gasteiger partial charge >= 0.3 is 7.82 Å². The molecule has 0 spiro atoms. The summed E-state index contributed by atoms with van der Waals surface area (Å²) >= 11 is 0. The van der Waals surface area contributed by atoms with Crippen molar-refractivity contribution in [1.29, 1.82) is 0 Å². The van der Waals surface area contributed by atoms with Gasteiger partial charge in [0, 0.05) is 0 Å². The van der Waals surface area contributed by atoms with Crippen LogP contribution in [0.1, 0.15) is 0 Å². The maximum atomic E-state index is 11.8. The lowest BCUT2D eigenvalue weighted by molar-refractivity contribution is -0.0215. The van der Waals surface area contributed by atoms with Crippen LogP contribution in [0.2, 0.25) is 0 Å². The smallest absolute Gasteiger partial charge is 0.387 e. The number of aliphatic hydroxyl groups excluding tert-OH is 2. The third kappa shape index (κ3) is 3.10. The molecule has 0 aliphatic carbocycles. The van der Waals surface area contributed by atoms with E-state index in [1.54, 1.807) is 0 Å². The van der Waals surface area contributed by atoms with Crippen LogP contribution in [0, 0.1) is 0 Å². The monoisotopic (exact) mass is 365 g/mol. The second-order valence-electron chi connectivity index (χ2n) is 5.29. The number of rotatable bonds is 4. The van der Waals surface area contributed by atoms with Crippen molar-refractivity contribution >= 4 is 25.3 Å². The first-order valence-electron chi connectivity index (χ1n) is 6.79. The van der Waals surface area contributed by atoms with Crippen molar-refractivity contribution in [3.05, 3.63) is 10.4 Å². The van der Waals surface area contributed by atoms with Gasteiger partial charge in [-0.3, -0.25) is 14.3 Å². The summed E-state index contributed by atoms with van der Waals surface area (Å²) in [4.78, 5) is 36.8. The van der Waals surface area contributed by atoms with Gasteiger partial charge in [0.05, 0.1) is 13.3 Å². The highest BCUT2D eigenvalue weighted by Gasteiger charge is 2.48. The molecule has 2 aliphatic rings. The molecule has 0 radical (unpaired) electrons. The van der Waals surface area contributed by atoms with Crippen LogP contribution in [-0.4, -0.2) is 67.8 Å². The number of hydrogen-bond donors (Lipinski definition) is 7. The van der Waals surface area contributed by atoms with Crippen LogP contribution in [0.25, 0.3) is 0 Å². The van der Waals surface area contributed by atoms with Gasteiger partial charge in [-0.05, 0) is 0 Å². The van der Waals surface area contributed by atoms with Crippen molar-refractivity contribution in [2.75, 3.05) is 29.2 Å². The minimum Gasteiger partial charge on any atom is -0.387 e. The van der Waals surface area contributed by atoms with Gasteiger partial charge in [0.2, 0.25) is 5.95 Å². The first-order chi connectivity index (χ1) is 11.2. The molecule has 2 aliphatic heterocycles. The van der Waals surface area contributed by atoms with E-state index in [-0.39, 0.29) is 24.1 Å². The van der Waals surface area contributed by atoms with Crippen LogP contribution in [0.5, 0.6) is 0 Å². The van der Waals surface area contributed by atoms with E-state index in [0.717, 1.165) is 0 Å². The summed E-state index contributed by atoms with van der Waals surface area (Å²) in [5.74, 6) is -0.00840. The zero-order valence-electron chi connectivity index (χ0n) is 12.1. The Hall–Kier alpha value is -1.73. The van der Waals surface area contributed by atoms with Gasteiger partial charge in [0.1, 0.15) is 24.0 Å². The fourth-order valence-corrected chi connectivity index (χ4v) is 2.93. The predicted octanol–water partition coefficient (Wildman–Crippen LogP) is -2.90. The zero-order chi connectivity index (χ0) is 17.6. The number of anilines is 3. The average Bonchev–Trinajstić information content (AvgIpc) is 3.00. The molecule has 1 aromatic heterocycles. The van der Waals surface area contributed by atoms with Gasteiger partial charge < -0.3 is 40.7 Å². The maximum Gasteiger partial charge on any atom is 0.469 e. The highest BCUT2D eigenvalue weighted by atomic mass is 31.2. The summed E-state index contributed by atoms with van der Waals surface area (Å²) in [5, 5.41) is 22.9. The van der Waals surface area contributed by atoms with Crippen molar-refractivity contribution in [1.82, 2.24) is 9.97 Å². The molecule has 0 unspecified atom stereocenters. The molecule has 13 nitrogen and oxygen atoms in total. The third-order valence-electron chi connectivity index (χ3n) is 3.67. The molecule has 24 heavy (non-hydrogen) atoms. The zero-order valence-corrected chi connectivity index (χ0v) is 13.0. The number of fused-ring (bicyclic) bond motifs is 1. The highest BCUT2D eigenvalue weighted by Crippen LogP contribution is 2.38. The van der Waals surface area contributed by atoms with Crippen LogP contribution >= 0.6 is 7.82 Å². The SMILES string of the molecule is Nc1nc2c(c(=O)[nH]1)NCN2[C@@H]1O[C@H](COP(=O)(O)O)[C@@H](O)[C@H]1O. The van der Waals surface area contributed by atoms with E-state index < -0.39 is 44.5 Å². The first-order valence-corrected chi connectivity index (χ1v) is 8.32. The number of nitrogens with zero attached hydrogens (tertiary/aromatic N) is 2. The number of aliphatic hydroxyl groups is 2. The molecule has 1 fully saturated rings. The van der Waals surface area contributed by atoms with E-state index in [0.29, 0.717) is 0 Å². The highest BCUT2D eigenvalue weighted by molar-refractivity contribution is 7.46. The summed E-state index contributed by atoms with van der Waals surface area (Å²) in [5.41, 5.74) is 5.12. The molecule has 0 amide bonds. The van der Waals surface area contributed by atoms with Gasteiger partial charge in [0.15, 0.2) is 12.0 Å². The van der Waals surface area contributed by atoms with Crippen molar-refractivity contribution < 1.29 is 33.8 Å². The number of H-pyrrole nitrogens is 1. The summed E-state index contributed by atoms with van der Waals surface area (Å²) in [6, 6.07) is 0. The maximum absolute atomic E-state index is 11.8. The second kappa shape index (κ2) is 5.97. The van der Waals surface area contributed by atoms with E-state index >= 15 is 0 Å². The molecule has 0 aromatic carbocycles. The Morgan fingerprint density at radius 3 is 2.79 bits per heavy atom. The lowest BCUT2D eigenvalue weighted by Crippen LogP contribution is -2.44. The van der Waals surface area contributed by atoms with Gasteiger partial charge in [-0.25, -0.2) is 4.57 Å². The van der Waals surface area contributed by atoms with Crippen LogP contribution in [0.3, 0.4) is 0 Å². The largest absolute Gasteiger partial charge is 0.469 e. The number of nitrogens with two attached hydrogens (primary N) is 1. The van der Waals surface area contributed by atoms with Crippen molar-refractivity contribution in [3.63, 3.8) is 0 Å². The molecule has 4 atom stereocenters. The van der Waals surface area contributed by atoms with Crippen LogP contribution in [-0.2, 0) is 13.8 Å². The summed E-state index contributed by atoms with van der Waals surface area (Å²) < 4.78 is 20.5. The lowest BCUT2D eigenvalue weighted by atomic mass is 10.1. The number of ether oxygens (including phenoxy) is 1. The minimum absolute atomic E-state index is 0.0510. The number of phosphoric acid groups is 1. The fourth-order valence-electron chi connectivity index (χ4n) is 2.59. The Morgan fingerprint density at radius 2 is 2.12 bits per heavy atom. The van der Waals surface area contributed by atoms with Crippen LogP contribution in [0.15, 0.2) is 4.79 Å². The fraction of sp³-hybridized carbons (Fsp3) is 0.600. The standard InChI is InChI=1S/C10H16N5O8P/c11-10-13-7-4(8(18)14-10)12-2-15(7)9-6(17)5(16)3(23-9)1-22-24(19,20)21/h3,5-6,9,12,16-17H,1-2H2,(H2,19,20,21)(H3,11,13,14,18)/t3-,5-,6-,9-/m1/s1. The minimum atomic E-state index is -4.75. The molecule has 1 saturated heterocycles. The second-order valence-corrected chi connectivity index (χ2v) is 6.53. The Kier molecular flexibility index (Phi) is 4.25. The summed E-state index contributed by atoms with van der Waals surface area (Å²) in [7, 11) is -4.75. The van der Waals surface area contributed by atoms with Gasteiger partial charge in [-0.2, -0.15) is 4.98 Å². The average molecular weight is 365 g/mol. The summed E-state index contributed by atoms with van der Waals surface area (Å²) in [6.45, 7) is -0.576. The van der Waals surface area contributed by atoms with Gasteiger partial charge in [-0.1, -0.05) is 0 Å². The molecule has 0 bridgehead atoms. The number of phosphoric ester groups is 1.